The van der Waals surface area contributed by atoms with Crippen LogP contribution < -0.4 is 0 Å². The second kappa shape index (κ2) is 4.19. The molecule has 0 aromatic carbocycles. The summed E-state index contributed by atoms with van der Waals surface area (Å²) in [5.41, 5.74) is 2.02. The van der Waals surface area contributed by atoms with Crippen molar-refractivity contribution in [3.05, 3.63) is 30.1 Å². The van der Waals surface area contributed by atoms with Gasteiger partial charge in [-0.2, -0.15) is 0 Å². The third-order valence-corrected chi connectivity index (χ3v) is 3.69. The lowest BCUT2D eigenvalue weighted by Gasteiger charge is -2.27. The molecule has 0 spiro atoms. The average molecular weight is 193 g/mol. The van der Waals surface area contributed by atoms with Crippen LogP contribution in [0.1, 0.15) is 37.3 Å². The monoisotopic (exact) mass is 193 g/mol. The second-order valence-electron chi connectivity index (χ2n) is 3.81. The van der Waals surface area contributed by atoms with E-state index < -0.39 is 0 Å². The summed E-state index contributed by atoms with van der Waals surface area (Å²) < 4.78 is 0. The largest absolute Gasteiger partial charge is 0.261 e. The SMILES string of the molecule is PC1CCCCC1c1ccccn1. The van der Waals surface area contributed by atoms with E-state index >= 15 is 0 Å². The second-order valence-corrected chi connectivity index (χ2v) is 4.67. The normalized spacial score (nSPS) is 28.7. The van der Waals surface area contributed by atoms with Gasteiger partial charge < -0.3 is 0 Å². The lowest BCUT2D eigenvalue weighted by Crippen LogP contribution is -2.17. The quantitative estimate of drug-likeness (QED) is 0.625. The third-order valence-electron chi connectivity index (χ3n) is 2.89. The van der Waals surface area contributed by atoms with E-state index in [4.69, 9.17) is 0 Å². The van der Waals surface area contributed by atoms with Crippen LogP contribution in [-0.2, 0) is 0 Å². The summed E-state index contributed by atoms with van der Waals surface area (Å²) >= 11 is 0. The van der Waals surface area contributed by atoms with Gasteiger partial charge in [0.1, 0.15) is 0 Å². The van der Waals surface area contributed by atoms with Crippen LogP contribution >= 0.6 is 9.24 Å². The van der Waals surface area contributed by atoms with Crippen molar-refractivity contribution in [1.82, 2.24) is 4.98 Å². The highest BCUT2D eigenvalue weighted by atomic mass is 31.0. The van der Waals surface area contributed by atoms with Gasteiger partial charge in [0.15, 0.2) is 0 Å². The Hall–Kier alpha value is -0.420. The molecule has 2 rings (SSSR count). The van der Waals surface area contributed by atoms with E-state index in [0.717, 1.165) is 5.66 Å². The third kappa shape index (κ3) is 2.08. The van der Waals surface area contributed by atoms with Crippen molar-refractivity contribution in [3.63, 3.8) is 0 Å². The maximum Gasteiger partial charge on any atom is 0.0440 e. The van der Waals surface area contributed by atoms with E-state index in [9.17, 15) is 0 Å². The summed E-state index contributed by atoms with van der Waals surface area (Å²) in [7, 11) is 2.98. The van der Waals surface area contributed by atoms with E-state index in [2.05, 4.69) is 26.4 Å². The van der Waals surface area contributed by atoms with Gasteiger partial charge in [-0.05, 0) is 30.6 Å². The molecule has 70 valence electrons. The van der Waals surface area contributed by atoms with E-state index in [0.29, 0.717) is 5.92 Å². The van der Waals surface area contributed by atoms with Crippen LogP contribution in [-0.4, -0.2) is 10.6 Å². The van der Waals surface area contributed by atoms with Gasteiger partial charge in [0.25, 0.3) is 0 Å². The van der Waals surface area contributed by atoms with Crippen molar-refractivity contribution in [1.29, 1.82) is 0 Å². The minimum absolute atomic E-state index is 0.681. The Balaban J connectivity index is 2.15. The van der Waals surface area contributed by atoms with Gasteiger partial charge in [-0.15, -0.1) is 9.24 Å². The maximum atomic E-state index is 4.44. The smallest absolute Gasteiger partial charge is 0.0440 e. The van der Waals surface area contributed by atoms with Gasteiger partial charge in [0.05, 0.1) is 0 Å². The number of pyridine rings is 1. The molecule has 1 saturated carbocycles. The molecular formula is C11H16NP. The first kappa shape index (κ1) is 9.15. The Kier molecular flexibility index (Phi) is 2.95. The summed E-state index contributed by atoms with van der Waals surface area (Å²) in [6.07, 6.45) is 7.31. The summed E-state index contributed by atoms with van der Waals surface area (Å²) in [4.78, 5) is 4.44. The summed E-state index contributed by atoms with van der Waals surface area (Å²) in [5, 5.41) is 0. The number of rotatable bonds is 1. The topological polar surface area (TPSA) is 12.9 Å². The standard InChI is InChI=1S/C11H16NP/c13-11-7-2-1-5-9(11)10-6-3-4-8-12-10/h3-4,6,8-9,11H,1-2,5,7,13H2. The predicted molar refractivity (Wildman–Crippen MR) is 58.9 cm³/mol. The molecule has 1 nitrogen and oxygen atoms in total. The fraction of sp³-hybridized carbons (Fsp3) is 0.545. The molecular weight excluding hydrogens is 177 g/mol. The molecule has 1 heterocycles. The predicted octanol–water partition coefficient (Wildman–Crippen LogP) is 2.98. The van der Waals surface area contributed by atoms with Gasteiger partial charge in [-0.3, -0.25) is 4.98 Å². The molecule has 2 heteroatoms. The first-order valence-electron chi connectivity index (χ1n) is 5.04. The molecule has 13 heavy (non-hydrogen) atoms. The number of aromatic nitrogens is 1. The van der Waals surface area contributed by atoms with Crippen LogP contribution in [0.25, 0.3) is 0 Å². The molecule has 1 aliphatic carbocycles. The van der Waals surface area contributed by atoms with E-state index in [1.54, 1.807) is 0 Å². The van der Waals surface area contributed by atoms with Crippen molar-refractivity contribution < 1.29 is 0 Å². The van der Waals surface area contributed by atoms with Crippen LogP contribution in [0.5, 0.6) is 0 Å². The zero-order valence-electron chi connectivity index (χ0n) is 7.82. The van der Waals surface area contributed by atoms with Crippen LogP contribution in [0.15, 0.2) is 24.4 Å². The number of hydrogen-bond donors (Lipinski definition) is 0. The Morgan fingerprint density at radius 1 is 1.23 bits per heavy atom. The Morgan fingerprint density at radius 2 is 2.08 bits per heavy atom. The number of hydrogen-bond acceptors (Lipinski definition) is 1. The molecule has 0 N–H and O–H groups in total. The summed E-state index contributed by atoms with van der Waals surface area (Å²) in [6.45, 7) is 0. The molecule has 1 aromatic heterocycles. The van der Waals surface area contributed by atoms with E-state index in [1.165, 1.54) is 31.4 Å². The maximum absolute atomic E-state index is 4.44. The first-order valence-corrected chi connectivity index (χ1v) is 5.71. The Labute approximate surface area is 82.2 Å². The molecule has 0 radical (unpaired) electrons. The van der Waals surface area contributed by atoms with Gasteiger partial charge in [0, 0.05) is 17.8 Å². The minimum atomic E-state index is 0.681. The van der Waals surface area contributed by atoms with Gasteiger partial charge >= 0.3 is 0 Å². The lowest BCUT2D eigenvalue weighted by molar-refractivity contribution is 0.448. The van der Waals surface area contributed by atoms with Crippen LogP contribution in [0.4, 0.5) is 0 Å². The average Bonchev–Trinajstić information content (AvgIpc) is 2.20. The lowest BCUT2D eigenvalue weighted by atomic mass is 9.86. The summed E-state index contributed by atoms with van der Waals surface area (Å²) in [6, 6.07) is 6.24. The highest BCUT2D eigenvalue weighted by Gasteiger charge is 2.23. The van der Waals surface area contributed by atoms with Crippen molar-refractivity contribution in [2.24, 2.45) is 0 Å². The molecule has 0 saturated heterocycles. The molecule has 1 fully saturated rings. The van der Waals surface area contributed by atoms with Crippen molar-refractivity contribution in [2.75, 3.05) is 0 Å². The van der Waals surface area contributed by atoms with Gasteiger partial charge in [-0.1, -0.05) is 18.9 Å². The van der Waals surface area contributed by atoms with E-state index in [1.807, 2.05) is 12.3 Å². The summed E-state index contributed by atoms with van der Waals surface area (Å²) in [5.74, 6) is 0.681. The minimum Gasteiger partial charge on any atom is -0.261 e. The number of nitrogens with zero attached hydrogens (tertiary/aromatic N) is 1. The van der Waals surface area contributed by atoms with Crippen molar-refractivity contribution in [3.8, 4) is 0 Å². The molecule has 1 aromatic rings. The molecule has 0 bridgehead atoms. The highest BCUT2D eigenvalue weighted by Crippen LogP contribution is 2.36. The van der Waals surface area contributed by atoms with E-state index in [-0.39, 0.29) is 0 Å². The Morgan fingerprint density at radius 3 is 2.77 bits per heavy atom. The zero-order chi connectivity index (χ0) is 9.10. The zero-order valence-corrected chi connectivity index (χ0v) is 8.97. The fourth-order valence-electron chi connectivity index (χ4n) is 2.12. The first-order chi connectivity index (χ1) is 6.38. The molecule has 0 amide bonds. The molecule has 0 aliphatic heterocycles. The van der Waals surface area contributed by atoms with Gasteiger partial charge in [-0.25, -0.2) is 0 Å². The van der Waals surface area contributed by atoms with Crippen molar-refractivity contribution in [2.45, 2.75) is 37.3 Å². The molecule has 1 aliphatic rings. The van der Waals surface area contributed by atoms with Crippen LogP contribution in [0.3, 0.4) is 0 Å². The van der Waals surface area contributed by atoms with Crippen LogP contribution in [0, 0.1) is 0 Å². The highest BCUT2D eigenvalue weighted by molar-refractivity contribution is 7.17. The van der Waals surface area contributed by atoms with Gasteiger partial charge in [0.2, 0.25) is 0 Å². The Bertz CT molecular complexity index is 260. The van der Waals surface area contributed by atoms with Crippen molar-refractivity contribution >= 4 is 9.24 Å². The van der Waals surface area contributed by atoms with Crippen LogP contribution in [0.2, 0.25) is 0 Å². The molecule has 3 atom stereocenters. The fourth-order valence-corrected chi connectivity index (χ4v) is 2.75. The molecule has 3 unspecified atom stereocenters.